The summed E-state index contributed by atoms with van der Waals surface area (Å²) in [6, 6.07) is 10.2. The van der Waals surface area contributed by atoms with Crippen LogP contribution in [-0.2, 0) is 14.6 Å². The van der Waals surface area contributed by atoms with Gasteiger partial charge in [-0.3, -0.25) is 9.78 Å². The zero-order valence-electron chi connectivity index (χ0n) is 13.6. The Morgan fingerprint density at radius 3 is 2.54 bits per heavy atom. The number of carbonyl (C=O) groups is 1. The molecule has 2 aromatic rings. The molecule has 0 unspecified atom stereocenters. The fraction of sp³-hybridized carbons (Fsp3) is 0.294. The summed E-state index contributed by atoms with van der Waals surface area (Å²) in [6.07, 6.45) is 3.22. The van der Waals surface area contributed by atoms with Gasteiger partial charge in [0.15, 0.2) is 9.84 Å². The minimum Gasteiger partial charge on any atom is -0.457 e. The number of nitrogens with zero attached hydrogens (tertiary/aromatic N) is 1. The lowest BCUT2D eigenvalue weighted by molar-refractivity contribution is -0.113. The molecular formula is C17H20N2O4S. The number of amides is 1. The number of anilines is 1. The van der Waals surface area contributed by atoms with Crippen molar-refractivity contribution in [2.75, 3.05) is 16.8 Å². The molecule has 7 heteroatoms. The van der Waals surface area contributed by atoms with Crippen molar-refractivity contribution in [1.29, 1.82) is 0 Å². The zero-order valence-corrected chi connectivity index (χ0v) is 14.4. The molecule has 0 saturated carbocycles. The molecule has 0 aliphatic rings. The number of carbonyl (C=O) groups excluding carboxylic acids is 1. The first-order valence-corrected chi connectivity index (χ1v) is 9.34. The number of hydrogen-bond acceptors (Lipinski definition) is 5. The first-order chi connectivity index (χ1) is 11.3. The van der Waals surface area contributed by atoms with Crippen LogP contribution in [0.15, 0.2) is 48.8 Å². The molecule has 1 heterocycles. The number of rotatable bonds is 7. The number of benzene rings is 1. The van der Waals surface area contributed by atoms with Gasteiger partial charge in [-0.1, -0.05) is 19.9 Å². The van der Waals surface area contributed by atoms with Gasteiger partial charge in [-0.25, -0.2) is 8.42 Å². The highest BCUT2D eigenvalue weighted by atomic mass is 32.2. The second kappa shape index (κ2) is 7.92. The summed E-state index contributed by atoms with van der Waals surface area (Å²) in [6.45, 7) is 3.60. The summed E-state index contributed by atoms with van der Waals surface area (Å²) in [7, 11) is -3.41. The molecular weight excluding hydrogens is 328 g/mol. The molecule has 6 nitrogen and oxygen atoms in total. The Kier molecular flexibility index (Phi) is 5.92. The number of hydrogen-bond donors (Lipinski definition) is 1. The van der Waals surface area contributed by atoms with E-state index in [0.717, 1.165) is 0 Å². The van der Waals surface area contributed by atoms with Gasteiger partial charge in [0.1, 0.15) is 17.3 Å². The average Bonchev–Trinajstić information content (AvgIpc) is 2.46. The van der Waals surface area contributed by atoms with E-state index in [-0.39, 0.29) is 11.7 Å². The molecule has 1 aromatic carbocycles. The molecule has 0 atom stereocenters. The summed E-state index contributed by atoms with van der Waals surface area (Å²) in [5.74, 6) is 0.0419. The number of sulfone groups is 1. The Morgan fingerprint density at radius 2 is 1.88 bits per heavy atom. The van der Waals surface area contributed by atoms with Gasteiger partial charge >= 0.3 is 0 Å². The number of aromatic nitrogens is 1. The van der Waals surface area contributed by atoms with Crippen molar-refractivity contribution in [2.45, 2.75) is 13.8 Å². The zero-order chi connectivity index (χ0) is 17.6. The summed E-state index contributed by atoms with van der Waals surface area (Å²) >= 11 is 0. The summed E-state index contributed by atoms with van der Waals surface area (Å²) < 4.78 is 29.4. The molecule has 0 bridgehead atoms. The van der Waals surface area contributed by atoms with Crippen LogP contribution in [0.4, 0.5) is 5.69 Å². The van der Waals surface area contributed by atoms with Gasteiger partial charge in [0, 0.05) is 24.1 Å². The van der Waals surface area contributed by atoms with Gasteiger partial charge < -0.3 is 10.1 Å². The van der Waals surface area contributed by atoms with Crippen LogP contribution >= 0.6 is 0 Å². The van der Waals surface area contributed by atoms with Crippen LogP contribution in [0.3, 0.4) is 0 Å². The van der Waals surface area contributed by atoms with E-state index in [1.807, 2.05) is 0 Å². The maximum absolute atomic E-state index is 11.9. The van der Waals surface area contributed by atoms with E-state index >= 15 is 0 Å². The van der Waals surface area contributed by atoms with E-state index in [0.29, 0.717) is 17.2 Å². The minimum atomic E-state index is -3.41. The van der Waals surface area contributed by atoms with Crippen molar-refractivity contribution in [3.8, 4) is 11.5 Å². The summed E-state index contributed by atoms with van der Waals surface area (Å²) in [4.78, 5) is 15.8. The molecule has 2 rings (SSSR count). The second-order valence-electron chi connectivity index (χ2n) is 5.81. The van der Waals surface area contributed by atoms with Crippen LogP contribution < -0.4 is 10.1 Å². The fourth-order valence-corrected chi connectivity index (χ4v) is 3.75. The van der Waals surface area contributed by atoms with E-state index < -0.39 is 21.5 Å². The van der Waals surface area contributed by atoms with Crippen LogP contribution in [0.5, 0.6) is 11.5 Å². The Bertz CT molecular complexity index is 789. The van der Waals surface area contributed by atoms with Crippen molar-refractivity contribution in [3.63, 3.8) is 0 Å². The maximum atomic E-state index is 11.9. The Morgan fingerprint density at radius 1 is 1.17 bits per heavy atom. The van der Waals surface area contributed by atoms with Crippen molar-refractivity contribution >= 4 is 21.4 Å². The molecule has 0 spiro atoms. The van der Waals surface area contributed by atoms with Gasteiger partial charge in [0.25, 0.3) is 0 Å². The monoisotopic (exact) mass is 348 g/mol. The normalized spacial score (nSPS) is 11.3. The van der Waals surface area contributed by atoms with Gasteiger partial charge in [-0.05, 0) is 30.2 Å². The Balaban J connectivity index is 2.00. The minimum absolute atomic E-state index is 0.00832. The van der Waals surface area contributed by atoms with E-state index in [4.69, 9.17) is 4.74 Å². The maximum Gasteiger partial charge on any atom is 0.239 e. The van der Waals surface area contributed by atoms with Crippen LogP contribution in [-0.4, -0.2) is 30.8 Å². The lowest BCUT2D eigenvalue weighted by Crippen LogP contribution is -2.26. The highest BCUT2D eigenvalue weighted by Gasteiger charge is 2.18. The predicted molar refractivity (Wildman–Crippen MR) is 92.9 cm³/mol. The largest absolute Gasteiger partial charge is 0.457 e. The van der Waals surface area contributed by atoms with Crippen molar-refractivity contribution < 1.29 is 17.9 Å². The van der Waals surface area contributed by atoms with Crippen LogP contribution in [0.1, 0.15) is 13.8 Å². The molecule has 0 radical (unpaired) electrons. The molecule has 128 valence electrons. The standard InChI is InChI=1S/C17H20N2O4S/c1-13(2)11-24(21,22)12-17(20)19-14-4-3-5-16(10-14)23-15-6-8-18-9-7-15/h3-10,13H,11-12H2,1-2H3,(H,19,20). The third-order valence-electron chi connectivity index (χ3n) is 2.94. The highest BCUT2D eigenvalue weighted by Crippen LogP contribution is 2.23. The number of pyridine rings is 1. The highest BCUT2D eigenvalue weighted by molar-refractivity contribution is 7.92. The summed E-state index contributed by atoms with van der Waals surface area (Å²) in [5.41, 5.74) is 0.478. The van der Waals surface area contributed by atoms with Gasteiger partial charge in [-0.2, -0.15) is 0 Å². The molecule has 0 aliphatic carbocycles. The Labute approximate surface area is 141 Å². The molecule has 24 heavy (non-hydrogen) atoms. The first-order valence-electron chi connectivity index (χ1n) is 7.52. The fourth-order valence-electron chi connectivity index (χ4n) is 2.14. The van der Waals surface area contributed by atoms with Gasteiger partial charge in [0.2, 0.25) is 5.91 Å². The third kappa shape index (κ3) is 6.00. The molecule has 0 aliphatic heterocycles. The first kappa shape index (κ1) is 17.9. The van der Waals surface area contributed by atoms with E-state index in [9.17, 15) is 13.2 Å². The molecule has 1 N–H and O–H groups in total. The lowest BCUT2D eigenvalue weighted by Gasteiger charge is -2.10. The molecule has 0 saturated heterocycles. The summed E-state index contributed by atoms with van der Waals surface area (Å²) in [5, 5.41) is 2.59. The number of ether oxygens (including phenoxy) is 1. The van der Waals surface area contributed by atoms with Crippen LogP contribution in [0.2, 0.25) is 0 Å². The molecule has 0 fully saturated rings. The van der Waals surface area contributed by atoms with Crippen LogP contribution in [0.25, 0.3) is 0 Å². The number of nitrogens with one attached hydrogen (secondary N) is 1. The van der Waals surface area contributed by atoms with Gasteiger partial charge in [-0.15, -0.1) is 0 Å². The molecule has 1 aromatic heterocycles. The van der Waals surface area contributed by atoms with Gasteiger partial charge in [0.05, 0.1) is 5.75 Å². The Hall–Kier alpha value is -2.41. The van der Waals surface area contributed by atoms with Crippen molar-refractivity contribution in [1.82, 2.24) is 4.98 Å². The average molecular weight is 348 g/mol. The second-order valence-corrected chi connectivity index (χ2v) is 7.92. The van der Waals surface area contributed by atoms with Crippen molar-refractivity contribution in [3.05, 3.63) is 48.8 Å². The SMILES string of the molecule is CC(C)CS(=O)(=O)CC(=O)Nc1cccc(Oc2ccncc2)c1. The van der Waals surface area contributed by atoms with E-state index in [2.05, 4.69) is 10.3 Å². The lowest BCUT2D eigenvalue weighted by atomic mass is 10.3. The third-order valence-corrected chi connectivity index (χ3v) is 4.82. The predicted octanol–water partition coefficient (Wildman–Crippen LogP) is 2.88. The van der Waals surface area contributed by atoms with E-state index in [1.165, 1.54) is 0 Å². The van der Waals surface area contributed by atoms with Crippen molar-refractivity contribution in [2.24, 2.45) is 5.92 Å². The molecule has 1 amide bonds. The van der Waals surface area contributed by atoms with E-state index in [1.54, 1.807) is 62.6 Å². The quantitative estimate of drug-likeness (QED) is 0.831. The smallest absolute Gasteiger partial charge is 0.239 e. The van der Waals surface area contributed by atoms with Crippen LogP contribution in [0, 0.1) is 5.92 Å². The topological polar surface area (TPSA) is 85.4 Å².